The third-order valence-corrected chi connectivity index (χ3v) is 4.07. The molecule has 0 aromatic rings. The first-order valence-electron chi connectivity index (χ1n) is 7.76. The van der Waals surface area contributed by atoms with Crippen LogP contribution in [0.4, 0.5) is 0 Å². The van der Waals surface area contributed by atoms with Crippen LogP contribution in [0.25, 0.3) is 0 Å². The molecule has 1 aliphatic heterocycles. The summed E-state index contributed by atoms with van der Waals surface area (Å²) < 4.78 is 0. The van der Waals surface area contributed by atoms with Crippen molar-refractivity contribution in [3.8, 4) is 0 Å². The number of nitrogens with two attached hydrogens (primary N) is 1. The summed E-state index contributed by atoms with van der Waals surface area (Å²) >= 11 is 0. The molecule has 1 heterocycles. The van der Waals surface area contributed by atoms with Gasteiger partial charge in [-0.3, -0.25) is 9.59 Å². The van der Waals surface area contributed by atoms with Crippen LogP contribution in [0.1, 0.15) is 46.5 Å². The number of rotatable bonds is 6. The number of likely N-dealkylation sites (tertiary alicyclic amines) is 1. The van der Waals surface area contributed by atoms with Gasteiger partial charge in [0.1, 0.15) is 0 Å². The highest BCUT2D eigenvalue weighted by atomic mass is 35.5. The minimum atomic E-state index is -0.136. The van der Waals surface area contributed by atoms with Crippen LogP contribution in [0.2, 0.25) is 0 Å². The number of carbonyl (C=O) groups is 2. The van der Waals surface area contributed by atoms with Gasteiger partial charge in [0.25, 0.3) is 0 Å². The average Bonchev–Trinajstić information content (AvgIpc) is 2.44. The Morgan fingerprint density at radius 1 is 1.38 bits per heavy atom. The van der Waals surface area contributed by atoms with Crippen LogP contribution in [0.5, 0.6) is 0 Å². The van der Waals surface area contributed by atoms with Crippen molar-refractivity contribution in [2.75, 3.05) is 19.6 Å². The number of hydrogen-bond donors (Lipinski definition) is 2. The highest BCUT2D eigenvalue weighted by Gasteiger charge is 2.28. The Bertz CT molecular complexity index is 337. The number of hydrogen-bond acceptors (Lipinski definition) is 3. The van der Waals surface area contributed by atoms with Crippen molar-refractivity contribution < 1.29 is 9.59 Å². The van der Waals surface area contributed by atoms with E-state index in [1.165, 1.54) is 0 Å². The first-order chi connectivity index (χ1) is 9.45. The zero-order valence-electron chi connectivity index (χ0n) is 13.4. The quantitative estimate of drug-likeness (QED) is 0.780. The standard InChI is InChI=1S/C15H29N3O2.ClH/c1-4-6-14(19)17-9-13-7-5-8-18(10-13)15(20)11(2)12(3)16;/h11-13H,4-10,16H2,1-3H3,(H,17,19);1H. The average molecular weight is 320 g/mol. The summed E-state index contributed by atoms with van der Waals surface area (Å²) in [6, 6.07) is -0.118. The third-order valence-electron chi connectivity index (χ3n) is 4.07. The van der Waals surface area contributed by atoms with Crippen molar-refractivity contribution in [3.05, 3.63) is 0 Å². The van der Waals surface area contributed by atoms with Crippen LogP contribution < -0.4 is 11.1 Å². The monoisotopic (exact) mass is 319 g/mol. The van der Waals surface area contributed by atoms with Crippen LogP contribution in [0.15, 0.2) is 0 Å². The lowest BCUT2D eigenvalue weighted by atomic mass is 9.95. The Kier molecular flexibility index (Phi) is 9.62. The summed E-state index contributed by atoms with van der Waals surface area (Å²) in [7, 11) is 0. The molecule has 3 unspecified atom stereocenters. The van der Waals surface area contributed by atoms with E-state index >= 15 is 0 Å². The highest BCUT2D eigenvalue weighted by Crippen LogP contribution is 2.18. The molecule has 2 amide bonds. The molecule has 124 valence electrons. The van der Waals surface area contributed by atoms with E-state index in [1.807, 2.05) is 25.7 Å². The fourth-order valence-corrected chi connectivity index (χ4v) is 2.52. The number of piperidine rings is 1. The van der Waals surface area contributed by atoms with E-state index in [9.17, 15) is 9.59 Å². The van der Waals surface area contributed by atoms with Crippen LogP contribution in [0, 0.1) is 11.8 Å². The molecule has 1 aliphatic rings. The fraction of sp³-hybridized carbons (Fsp3) is 0.867. The van der Waals surface area contributed by atoms with E-state index in [1.54, 1.807) is 0 Å². The molecule has 0 aliphatic carbocycles. The zero-order valence-corrected chi connectivity index (χ0v) is 14.2. The molecule has 3 N–H and O–H groups in total. The summed E-state index contributed by atoms with van der Waals surface area (Å²) in [5.41, 5.74) is 5.81. The van der Waals surface area contributed by atoms with Crippen molar-refractivity contribution in [1.82, 2.24) is 10.2 Å². The molecule has 1 fully saturated rings. The molecule has 21 heavy (non-hydrogen) atoms. The predicted molar refractivity (Wildman–Crippen MR) is 87.3 cm³/mol. The summed E-state index contributed by atoms with van der Waals surface area (Å²) in [5, 5.41) is 2.96. The largest absolute Gasteiger partial charge is 0.356 e. The molecule has 3 atom stereocenters. The van der Waals surface area contributed by atoms with Crippen LogP contribution in [-0.4, -0.2) is 42.4 Å². The molecule has 0 spiro atoms. The van der Waals surface area contributed by atoms with Crippen LogP contribution in [0.3, 0.4) is 0 Å². The molecule has 0 saturated carbocycles. The number of nitrogens with one attached hydrogen (secondary N) is 1. The van der Waals surface area contributed by atoms with E-state index in [-0.39, 0.29) is 36.2 Å². The van der Waals surface area contributed by atoms with Crippen molar-refractivity contribution >= 4 is 24.2 Å². The number of halogens is 1. The van der Waals surface area contributed by atoms with Crippen LogP contribution >= 0.6 is 12.4 Å². The van der Waals surface area contributed by atoms with Crippen LogP contribution in [-0.2, 0) is 9.59 Å². The molecular weight excluding hydrogens is 290 g/mol. The molecule has 0 aromatic carbocycles. The lowest BCUT2D eigenvalue weighted by molar-refractivity contribution is -0.137. The number of carbonyl (C=O) groups excluding carboxylic acids is 2. The van der Waals surface area contributed by atoms with Gasteiger partial charge in [-0.2, -0.15) is 0 Å². The van der Waals surface area contributed by atoms with Gasteiger partial charge in [0.05, 0.1) is 5.92 Å². The Labute approximate surface area is 134 Å². The van der Waals surface area contributed by atoms with E-state index in [4.69, 9.17) is 5.73 Å². The first-order valence-corrected chi connectivity index (χ1v) is 7.76. The fourth-order valence-electron chi connectivity index (χ4n) is 2.52. The maximum Gasteiger partial charge on any atom is 0.226 e. The van der Waals surface area contributed by atoms with Gasteiger partial charge < -0.3 is 16.0 Å². The predicted octanol–water partition coefficient (Wildman–Crippen LogP) is 1.55. The Hall–Kier alpha value is -0.810. The third kappa shape index (κ3) is 6.66. The second-order valence-corrected chi connectivity index (χ2v) is 5.99. The molecule has 5 nitrogen and oxygen atoms in total. The van der Waals surface area contributed by atoms with E-state index < -0.39 is 0 Å². The van der Waals surface area contributed by atoms with E-state index in [0.717, 1.165) is 32.4 Å². The summed E-state index contributed by atoms with van der Waals surface area (Å²) in [4.78, 5) is 25.7. The molecule has 0 radical (unpaired) electrons. The highest BCUT2D eigenvalue weighted by molar-refractivity contribution is 5.85. The maximum absolute atomic E-state index is 12.3. The lowest BCUT2D eigenvalue weighted by Gasteiger charge is -2.35. The van der Waals surface area contributed by atoms with Gasteiger partial charge in [-0.15, -0.1) is 12.4 Å². The van der Waals surface area contributed by atoms with Gasteiger partial charge in [-0.1, -0.05) is 13.8 Å². The smallest absolute Gasteiger partial charge is 0.226 e. The molecule has 6 heteroatoms. The molecular formula is C15H30ClN3O2. The molecule has 0 bridgehead atoms. The van der Waals surface area contributed by atoms with Gasteiger partial charge >= 0.3 is 0 Å². The lowest BCUT2D eigenvalue weighted by Crippen LogP contribution is -2.48. The van der Waals surface area contributed by atoms with Gasteiger partial charge in [0, 0.05) is 32.1 Å². The molecule has 1 rings (SSSR count). The van der Waals surface area contributed by atoms with Gasteiger partial charge in [0.15, 0.2) is 0 Å². The summed E-state index contributed by atoms with van der Waals surface area (Å²) in [5.74, 6) is 0.488. The second-order valence-electron chi connectivity index (χ2n) is 5.99. The van der Waals surface area contributed by atoms with Gasteiger partial charge in [0.2, 0.25) is 11.8 Å². The topological polar surface area (TPSA) is 75.4 Å². The summed E-state index contributed by atoms with van der Waals surface area (Å²) in [6.07, 6.45) is 3.53. The Morgan fingerprint density at radius 3 is 2.62 bits per heavy atom. The SMILES string of the molecule is CCCC(=O)NCC1CCCN(C(=O)C(C)C(C)N)C1.Cl. The second kappa shape index (κ2) is 10.0. The minimum absolute atomic E-state index is 0. The van der Waals surface area contributed by atoms with Gasteiger partial charge in [-0.05, 0) is 32.1 Å². The van der Waals surface area contributed by atoms with Crippen molar-refractivity contribution in [2.24, 2.45) is 17.6 Å². The maximum atomic E-state index is 12.3. The Balaban J connectivity index is 0.00000400. The summed E-state index contributed by atoms with van der Waals surface area (Å²) in [6.45, 7) is 7.98. The zero-order chi connectivity index (χ0) is 15.1. The van der Waals surface area contributed by atoms with Crippen molar-refractivity contribution in [3.63, 3.8) is 0 Å². The van der Waals surface area contributed by atoms with Gasteiger partial charge in [-0.25, -0.2) is 0 Å². The number of amides is 2. The number of nitrogens with zero attached hydrogens (tertiary/aromatic N) is 1. The minimum Gasteiger partial charge on any atom is -0.356 e. The van der Waals surface area contributed by atoms with E-state index in [0.29, 0.717) is 18.9 Å². The molecule has 0 aromatic heterocycles. The Morgan fingerprint density at radius 2 is 2.05 bits per heavy atom. The van der Waals surface area contributed by atoms with E-state index in [2.05, 4.69) is 5.32 Å². The normalized spacial score (nSPS) is 21.1. The van der Waals surface area contributed by atoms with Crippen molar-refractivity contribution in [2.45, 2.75) is 52.5 Å². The first kappa shape index (κ1) is 20.2. The van der Waals surface area contributed by atoms with Crippen molar-refractivity contribution in [1.29, 1.82) is 0 Å². The molecule has 1 saturated heterocycles.